The maximum absolute atomic E-state index is 7.18. The molecule has 1 atom stereocenters. The van der Waals surface area contributed by atoms with Crippen LogP contribution in [0.15, 0.2) is 22.6 Å². The Kier molecular flexibility index (Phi) is 7.02. The average Bonchev–Trinajstić information content (AvgIpc) is 2.11. The second-order valence-electron chi connectivity index (χ2n) is 2.52. The van der Waals surface area contributed by atoms with E-state index in [9.17, 15) is 0 Å². The smallest absolute Gasteiger partial charge is 0.0703 e. The monoisotopic (exact) mass is 216 g/mol. The van der Waals surface area contributed by atoms with Crippen molar-refractivity contribution < 1.29 is 0 Å². The fraction of sp³-hybridized carbons (Fsp3) is 0.444. The van der Waals surface area contributed by atoms with Crippen LogP contribution in [-0.2, 0) is 0 Å². The predicted octanol–water partition coefficient (Wildman–Crippen LogP) is 2.90. The second-order valence-corrected chi connectivity index (χ2v) is 4.07. The van der Waals surface area contributed by atoms with E-state index in [2.05, 4.69) is 34.2 Å². The van der Waals surface area contributed by atoms with E-state index in [4.69, 9.17) is 5.41 Å². The van der Waals surface area contributed by atoms with Crippen molar-refractivity contribution >= 4 is 26.5 Å². The molecule has 1 unspecified atom stereocenters. The van der Waals surface area contributed by atoms with Gasteiger partial charge in [0.15, 0.2) is 0 Å². The minimum atomic E-state index is 0.502. The summed E-state index contributed by atoms with van der Waals surface area (Å²) in [6.07, 6.45) is 3.84. The molecule has 0 fully saturated rings. The van der Waals surface area contributed by atoms with Crippen molar-refractivity contribution in [1.29, 1.82) is 5.41 Å². The lowest BCUT2D eigenvalue weighted by Crippen LogP contribution is -2.14. The average molecular weight is 216 g/mol. The van der Waals surface area contributed by atoms with Gasteiger partial charge < -0.3 is 10.3 Å². The molecular formula is C9H17N2PS. The molecule has 0 aliphatic heterocycles. The number of hydrogen-bond acceptors (Lipinski definition) is 3. The van der Waals surface area contributed by atoms with Crippen molar-refractivity contribution in [3.8, 4) is 0 Å². The van der Waals surface area contributed by atoms with E-state index in [0.29, 0.717) is 5.45 Å². The van der Waals surface area contributed by atoms with Gasteiger partial charge in [-0.05, 0) is 25.3 Å². The van der Waals surface area contributed by atoms with Gasteiger partial charge in [0.05, 0.1) is 5.03 Å². The number of nitrogens with zero attached hydrogens (tertiary/aromatic N) is 1. The number of rotatable bonds is 5. The van der Waals surface area contributed by atoms with Crippen LogP contribution in [0.1, 0.15) is 13.8 Å². The van der Waals surface area contributed by atoms with Crippen LogP contribution in [0.3, 0.4) is 0 Å². The molecule has 0 spiro atoms. The Bertz CT molecular complexity index is 224. The summed E-state index contributed by atoms with van der Waals surface area (Å²) >= 11 is 1.63. The van der Waals surface area contributed by atoms with Crippen molar-refractivity contribution in [2.75, 3.05) is 13.6 Å². The second kappa shape index (κ2) is 7.16. The molecule has 0 heterocycles. The van der Waals surface area contributed by atoms with Crippen molar-refractivity contribution in [1.82, 2.24) is 4.90 Å². The Labute approximate surface area is 87.2 Å². The molecular weight excluding hydrogens is 199 g/mol. The van der Waals surface area contributed by atoms with E-state index >= 15 is 0 Å². The lowest BCUT2D eigenvalue weighted by Gasteiger charge is -2.18. The van der Waals surface area contributed by atoms with Crippen LogP contribution >= 0.6 is 21.0 Å². The molecule has 1 N–H and O–H groups in total. The van der Waals surface area contributed by atoms with E-state index in [0.717, 1.165) is 6.54 Å². The minimum absolute atomic E-state index is 0.502. The van der Waals surface area contributed by atoms with Gasteiger partial charge in [-0.25, -0.2) is 0 Å². The highest BCUT2D eigenvalue weighted by molar-refractivity contribution is 8.05. The Hall–Kier alpha value is -0.270. The maximum Gasteiger partial charge on any atom is 0.0703 e. The zero-order chi connectivity index (χ0) is 10.3. The number of hydrogen-bond donors (Lipinski definition) is 1. The van der Waals surface area contributed by atoms with Crippen LogP contribution in [0.4, 0.5) is 0 Å². The zero-order valence-electron chi connectivity index (χ0n) is 8.37. The van der Waals surface area contributed by atoms with Crippen molar-refractivity contribution in [3.05, 3.63) is 22.6 Å². The molecule has 0 aromatic rings. The highest BCUT2D eigenvalue weighted by Gasteiger charge is 1.98. The van der Waals surface area contributed by atoms with E-state index in [1.165, 1.54) is 5.03 Å². The Morgan fingerprint density at radius 3 is 2.62 bits per heavy atom. The maximum atomic E-state index is 7.18. The Morgan fingerprint density at radius 1 is 1.62 bits per heavy atom. The topological polar surface area (TPSA) is 27.1 Å². The Morgan fingerprint density at radius 2 is 2.23 bits per heavy atom. The third-order valence-corrected chi connectivity index (χ3v) is 2.79. The number of nitrogens with one attached hydrogen (secondary N) is 1. The van der Waals surface area contributed by atoms with Crippen LogP contribution in [-0.4, -0.2) is 23.9 Å². The van der Waals surface area contributed by atoms with Crippen LogP contribution in [0, 0.1) is 5.41 Å². The van der Waals surface area contributed by atoms with E-state index in [1.54, 1.807) is 17.8 Å². The first-order chi connectivity index (χ1) is 6.11. The van der Waals surface area contributed by atoms with Crippen LogP contribution < -0.4 is 0 Å². The van der Waals surface area contributed by atoms with Gasteiger partial charge in [0.2, 0.25) is 0 Å². The molecule has 74 valence electrons. The normalized spacial score (nSPS) is 12.2. The third kappa shape index (κ3) is 5.89. The fourth-order valence-corrected chi connectivity index (χ4v) is 1.75. The van der Waals surface area contributed by atoms with Crippen molar-refractivity contribution in [3.63, 3.8) is 0 Å². The molecule has 0 aromatic heterocycles. The molecule has 0 rings (SSSR count). The number of thioether (sulfide) groups is 1. The lowest BCUT2D eigenvalue weighted by molar-refractivity contribution is 0.472. The highest BCUT2D eigenvalue weighted by Crippen LogP contribution is 2.19. The SMILES string of the molecule is CC=C(S/C=C/C(=N)P)N(C)CC. The van der Waals surface area contributed by atoms with Crippen molar-refractivity contribution in [2.45, 2.75) is 13.8 Å². The van der Waals surface area contributed by atoms with Gasteiger partial charge in [0.25, 0.3) is 0 Å². The summed E-state index contributed by atoms with van der Waals surface area (Å²) in [5, 5.41) is 10.3. The van der Waals surface area contributed by atoms with E-state index in [-0.39, 0.29) is 0 Å². The summed E-state index contributed by atoms with van der Waals surface area (Å²) < 4.78 is 0. The molecule has 0 radical (unpaired) electrons. The summed E-state index contributed by atoms with van der Waals surface area (Å²) in [6.45, 7) is 5.14. The van der Waals surface area contributed by atoms with Crippen LogP contribution in [0.5, 0.6) is 0 Å². The highest BCUT2D eigenvalue weighted by atomic mass is 32.2. The van der Waals surface area contributed by atoms with Crippen LogP contribution in [0.2, 0.25) is 0 Å². The molecule has 0 aliphatic rings. The predicted molar refractivity (Wildman–Crippen MR) is 66.2 cm³/mol. The first-order valence-corrected chi connectivity index (χ1v) is 5.62. The van der Waals surface area contributed by atoms with E-state index < -0.39 is 0 Å². The quantitative estimate of drug-likeness (QED) is 0.565. The summed E-state index contributed by atoms with van der Waals surface area (Å²) in [5.41, 5.74) is 0.502. The zero-order valence-corrected chi connectivity index (χ0v) is 10.3. The lowest BCUT2D eigenvalue weighted by atomic mass is 10.6. The van der Waals surface area contributed by atoms with Gasteiger partial charge in [-0.2, -0.15) is 0 Å². The first kappa shape index (κ1) is 12.7. The summed E-state index contributed by atoms with van der Waals surface area (Å²) in [6, 6.07) is 0. The molecule has 0 aliphatic carbocycles. The molecule has 0 bridgehead atoms. The van der Waals surface area contributed by atoms with Gasteiger partial charge in [0.1, 0.15) is 0 Å². The van der Waals surface area contributed by atoms with Gasteiger partial charge in [-0.1, -0.05) is 27.1 Å². The Balaban J connectivity index is 4.08. The fourth-order valence-electron chi connectivity index (χ4n) is 0.711. The van der Waals surface area contributed by atoms with Gasteiger partial charge >= 0.3 is 0 Å². The molecule has 0 saturated carbocycles. The minimum Gasteiger partial charge on any atom is -0.370 e. The third-order valence-electron chi connectivity index (χ3n) is 1.53. The number of allylic oxidation sites excluding steroid dienone is 2. The first-order valence-electron chi connectivity index (χ1n) is 4.16. The molecule has 0 saturated heterocycles. The molecule has 0 amide bonds. The molecule has 4 heteroatoms. The standard InChI is InChI=1S/C9H17N2PS/c1-4-9(11(3)5-2)13-7-6-8(10)12/h4,6-7,10H,5,12H2,1-3H3/b7-6+,9-4?,10-8?. The molecule has 2 nitrogen and oxygen atoms in total. The van der Waals surface area contributed by atoms with E-state index in [1.807, 2.05) is 12.3 Å². The largest absolute Gasteiger partial charge is 0.370 e. The molecule has 13 heavy (non-hydrogen) atoms. The van der Waals surface area contributed by atoms with Gasteiger partial charge in [0, 0.05) is 19.0 Å². The summed E-state index contributed by atoms with van der Waals surface area (Å²) in [5.74, 6) is 0. The summed E-state index contributed by atoms with van der Waals surface area (Å²) in [7, 11) is 4.40. The summed E-state index contributed by atoms with van der Waals surface area (Å²) in [4.78, 5) is 2.17. The van der Waals surface area contributed by atoms with Crippen LogP contribution in [0.25, 0.3) is 0 Å². The van der Waals surface area contributed by atoms with Gasteiger partial charge in [-0.3, -0.25) is 0 Å². The molecule has 0 aromatic carbocycles. The van der Waals surface area contributed by atoms with Crippen molar-refractivity contribution in [2.24, 2.45) is 0 Å². The van der Waals surface area contributed by atoms with Gasteiger partial charge in [-0.15, -0.1) is 0 Å².